The fourth-order valence-corrected chi connectivity index (χ4v) is 2.41. The molecule has 2 rings (SSSR count). The van der Waals surface area contributed by atoms with E-state index in [0.717, 1.165) is 5.56 Å². The highest BCUT2D eigenvalue weighted by molar-refractivity contribution is 6.30. The lowest BCUT2D eigenvalue weighted by atomic mass is 9.95. The number of nitrogens with zero attached hydrogens (tertiary/aromatic N) is 1. The molecule has 0 saturated carbocycles. The van der Waals surface area contributed by atoms with Crippen molar-refractivity contribution in [3.8, 4) is 0 Å². The number of carbonyl (C=O) groups is 2. The molecule has 1 aliphatic heterocycles. The zero-order valence-corrected chi connectivity index (χ0v) is 13.8. The summed E-state index contributed by atoms with van der Waals surface area (Å²) < 4.78 is 5.32. The smallest absolute Gasteiger partial charge is 0.338 e. The molecule has 2 amide bonds. The Morgan fingerprint density at radius 3 is 2.45 bits per heavy atom. The number of nitrogens with one attached hydrogen (secondary N) is 1. The molecule has 1 N–H and O–H groups in total. The number of esters is 1. The molecule has 5 nitrogen and oxygen atoms in total. The number of amides is 2. The molecule has 118 valence electrons. The first kappa shape index (κ1) is 16.4. The largest absolute Gasteiger partial charge is 0.459 e. The number of carbonyl (C=O) groups excluding carboxylic acids is 2. The molecule has 0 bridgehead atoms. The van der Waals surface area contributed by atoms with Crippen LogP contribution in [0.4, 0.5) is 4.79 Å². The topological polar surface area (TPSA) is 58.6 Å². The average molecular weight is 323 g/mol. The van der Waals surface area contributed by atoms with Gasteiger partial charge in [0.05, 0.1) is 17.7 Å². The summed E-state index contributed by atoms with van der Waals surface area (Å²) in [6.07, 6.45) is -0.235. The second kappa shape index (κ2) is 6.40. The van der Waals surface area contributed by atoms with Gasteiger partial charge in [-0.05, 0) is 38.5 Å². The van der Waals surface area contributed by atoms with E-state index in [4.69, 9.17) is 16.3 Å². The quantitative estimate of drug-likeness (QED) is 0.869. The van der Waals surface area contributed by atoms with E-state index in [2.05, 4.69) is 5.32 Å². The first-order valence-electron chi connectivity index (χ1n) is 7.02. The van der Waals surface area contributed by atoms with E-state index < -0.39 is 12.0 Å². The molecule has 1 aromatic rings. The molecule has 0 saturated heterocycles. The number of benzene rings is 1. The van der Waals surface area contributed by atoms with Crippen LogP contribution < -0.4 is 5.32 Å². The zero-order chi connectivity index (χ0) is 16.4. The highest BCUT2D eigenvalue weighted by Gasteiger charge is 2.35. The second-order valence-corrected chi connectivity index (χ2v) is 5.88. The van der Waals surface area contributed by atoms with Gasteiger partial charge in [0.1, 0.15) is 0 Å². The van der Waals surface area contributed by atoms with Gasteiger partial charge in [-0.3, -0.25) is 0 Å². The number of halogens is 1. The van der Waals surface area contributed by atoms with Crippen molar-refractivity contribution < 1.29 is 14.3 Å². The maximum absolute atomic E-state index is 12.4. The van der Waals surface area contributed by atoms with Crippen molar-refractivity contribution in [2.75, 3.05) is 7.05 Å². The van der Waals surface area contributed by atoms with Crippen LogP contribution in [-0.2, 0) is 9.53 Å². The van der Waals surface area contributed by atoms with Gasteiger partial charge in [-0.2, -0.15) is 0 Å². The number of hydrogen-bond acceptors (Lipinski definition) is 3. The zero-order valence-electron chi connectivity index (χ0n) is 13.0. The SMILES string of the molecule is CC1=C(C(=O)OC(C)C)C(c2ccc(Cl)cc2)NC(=O)N1C. The van der Waals surface area contributed by atoms with Crippen LogP contribution in [0.3, 0.4) is 0 Å². The van der Waals surface area contributed by atoms with Gasteiger partial charge in [0.2, 0.25) is 0 Å². The Morgan fingerprint density at radius 1 is 1.32 bits per heavy atom. The molecule has 6 heteroatoms. The minimum Gasteiger partial charge on any atom is -0.459 e. The third-order valence-corrected chi connectivity index (χ3v) is 3.77. The molecule has 1 aliphatic rings. The molecule has 1 aromatic carbocycles. The predicted molar refractivity (Wildman–Crippen MR) is 84.4 cm³/mol. The van der Waals surface area contributed by atoms with Crippen molar-refractivity contribution in [2.24, 2.45) is 0 Å². The minimum absolute atomic E-state index is 0.235. The molecule has 0 radical (unpaired) electrons. The highest BCUT2D eigenvalue weighted by atomic mass is 35.5. The maximum Gasteiger partial charge on any atom is 0.338 e. The molecule has 1 atom stereocenters. The molecule has 22 heavy (non-hydrogen) atoms. The first-order valence-corrected chi connectivity index (χ1v) is 7.40. The molecule has 1 unspecified atom stereocenters. The number of hydrogen-bond donors (Lipinski definition) is 1. The Hall–Kier alpha value is -2.01. The van der Waals surface area contributed by atoms with Crippen LogP contribution in [0.1, 0.15) is 32.4 Å². The van der Waals surface area contributed by atoms with Crippen LogP contribution in [0, 0.1) is 0 Å². The van der Waals surface area contributed by atoms with E-state index in [1.807, 2.05) is 0 Å². The van der Waals surface area contributed by atoms with Crippen molar-refractivity contribution in [3.63, 3.8) is 0 Å². The van der Waals surface area contributed by atoms with Gasteiger partial charge in [-0.1, -0.05) is 23.7 Å². The monoisotopic (exact) mass is 322 g/mol. The van der Waals surface area contributed by atoms with Crippen LogP contribution in [0.15, 0.2) is 35.5 Å². The van der Waals surface area contributed by atoms with Crippen molar-refractivity contribution in [3.05, 3.63) is 46.1 Å². The Labute approximate surface area is 134 Å². The van der Waals surface area contributed by atoms with E-state index in [1.165, 1.54) is 4.90 Å². The summed E-state index contributed by atoms with van der Waals surface area (Å²) >= 11 is 5.90. The molecular formula is C16H19ClN2O3. The van der Waals surface area contributed by atoms with E-state index in [1.54, 1.807) is 52.1 Å². The summed E-state index contributed by atoms with van der Waals surface area (Å²) in [5.41, 5.74) is 1.79. The van der Waals surface area contributed by atoms with Gasteiger partial charge in [-0.25, -0.2) is 9.59 Å². The molecule has 0 aliphatic carbocycles. The van der Waals surface area contributed by atoms with Gasteiger partial charge in [0, 0.05) is 17.8 Å². The Balaban J connectivity index is 2.47. The van der Waals surface area contributed by atoms with Crippen LogP contribution in [0.2, 0.25) is 5.02 Å². The van der Waals surface area contributed by atoms with E-state index in [-0.39, 0.29) is 12.1 Å². The normalized spacial score (nSPS) is 18.5. The fourth-order valence-electron chi connectivity index (χ4n) is 2.28. The van der Waals surface area contributed by atoms with Crippen molar-refractivity contribution in [2.45, 2.75) is 32.9 Å². The molecule has 0 aromatic heterocycles. The van der Waals surface area contributed by atoms with Crippen molar-refractivity contribution in [1.82, 2.24) is 10.2 Å². The second-order valence-electron chi connectivity index (χ2n) is 5.45. The fraction of sp³-hybridized carbons (Fsp3) is 0.375. The summed E-state index contributed by atoms with van der Waals surface area (Å²) in [7, 11) is 1.62. The Morgan fingerprint density at radius 2 is 1.91 bits per heavy atom. The summed E-state index contributed by atoms with van der Waals surface area (Å²) in [6, 6.07) is 6.21. The van der Waals surface area contributed by atoms with Crippen molar-refractivity contribution >= 4 is 23.6 Å². The Bertz CT molecular complexity index is 623. The lowest BCUT2D eigenvalue weighted by Crippen LogP contribution is -2.46. The number of rotatable bonds is 3. The Kier molecular flexibility index (Phi) is 4.76. The van der Waals surface area contributed by atoms with E-state index in [9.17, 15) is 9.59 Å². The maximum atomic E-state index is 12.4. The predicted octanol–water partition coefficient (Wildman–Crippen LogP) is 3.26. The number of ether oxygens (including phenoxy) is 1. The molecule has 1 heterocycles. The first-order chi connectivity index (χ1) is 10.3. The van der Waals surface area contributed by atoms with Gasteiger partial charge in [0.15, 0.2) is 0 Å². The standard InChI is InChI=1S/C16H19ClN2O3/c1-9(2)22-15(20)13-10(3)19(4)16(21)18-14(13)11-5-7-12(17)8-6-11/h5-9,14H,1-4H3,(H,18,21). The van der Waals surface area contributed by atoms with Crippen LogP contribution in [0.5, 0.6) is 0 Å². The number of allylic oxidation sites excluding steroid dienone is 1. The van der Waals surface area contributed by atoms with Gasteiger partial charge in [0.25, 0.3) is 0 Å². The van der Waals surface area contributed by atoms with E-state index >= 15 is 0 Å². The lowest BCUT2D eigenvalue weighted by molar-refractivity contribution is -0.143. The molecular weight excluding hydrogens is 304 g/mol. The number of urea groups is 1. The van der Waals surface area contributed by atoms with Crippen LogP contribution >= 0.6 is 11.6 Å². The summed E-state index contributed by atoms with van der Waals surface area (Å²) in [5.74, 6) is -0.431. The van der Waals surface area contributed by atoms with Gasteiger partial charge >= 0.3 is 12.0 Å². The summed E-state index contributed by atoms with van der Waals surface area (Å²) in [5, 5.41) is 3.41. The minimum atomic E-state index is -0.549. The molecule has 0 spiro atoms. The third-order valence-electron chi connectivity index (χ3n) is 3.52. The van der Waals surface area contributed by atoms with Crippen LogP contribution in [-0.4, -0.2) is 30.1 Å². The van der Waals surface area contributed by atoms with E-state index in [0.29, 0.717) is 16.3 Å². The van der Waals surface area contributed by atoms with Gasteiger partial charge < -0.3 is 15.0 Å². The van der Waals surface area contributed by atoms with Crippen LogP contribution in [0.25, 0.3) is 0 Å². The van der Waals surface area contributed by atoms with Crippen molar-refractivity contribution in [1.29, 1.82) is 0 Å². The van der Waals surface area contributed by atoms with Gasteiger partial charge in [-0.15, -0.1) is 0 Å². The molecule has 0 fully saturated rings. The summed E-state index contributed by atoms with van der Waals surface area (Å²) in [4.78, 5) is 25.9. The average Bonchev–Trinajstić information content (AvgIpc) is 2.44. The lowest BCUT2D eigenvalue weighted by Gasteiger charge is -2.33. The third kappa shape index (κ3) is 3.25. The highest BCUT2D eigenvalue weighted by Crippen LogP contribution is 2.31. The summed E-state index contributed by atoms with van der Waals surface area (Å²) in [6.45, 7) is 5.31.